The number of rotatable bonds is 5. The minimum Gasteiger partial charge on any atom is -0.382 e. The van der Waals surface area contributed by atoms with Crippen LogP contribution in [0.4, 0.5) is 5.69 Å². The van der Waals surface area contributed by atoms with E-state index in [2.05, 4.69) is 29.1 Å². The highest BCUT2D eigenvalue weighted by Crippen LogP contribution is 2.19. The second-order valence-corrected chi connectivity index (χ2v) is 3.55. The van der Waals surface area contributed by atoms with Crippen molar-refractivity contribution in [3.8, 4) is 0 Å². The highest BCUT2D eigenvalue weighted by Gasteiger charge is 2.06. The lowest BCUT2D eigenvalue weighted by atomic mass is 10.1. The smallest absolute Gasteiger partial charge is 0.115 e. The molecule has 0 bridgehead atoms. The van der Waals surface area contributed by atoms with E-state index in [9.17, 15) is 0 Å². The maximum atomic E-state index is 5.42. The van der Waals surface area contributed by atoms with E-state index in [4.69, 9.17) is 5.73 Å². The van der Waals surface area contributed by atoms with Crippen LogP contribution >= 0.6 is 0 Å². The molecule has 0 spiro atoms. The van der Waals surface area contributed by atoms with Gasteiger partial charge in [0.25, 0.3) is 0 Å². The zero-order valence-corrected chi connectivity index (χ0v) is 8.83. The van der Waals surface area contributed by atoms with Crippen molar-refractivity contribution in [3.05, 3.63) is 18.2 Å². The minimum absolute atomic E-state index is 0.415. The van der Waals surface area contributed by atoms with Crippen LogP contribution in [0.1, 0.15) is 31.9 Å². The molecule has 0 aromatic carbocycles. The van der Waals surface area contributed by atoms with E-state index in [-0.39, 0.29) is 0 Å². The van der Waals surface area contributed by atoms with Gasteiger partial charge in [0, 0.05) is 6.54 Å². The summed E-state index contributed by atoms with van der Waals surface area (Å²) in [6, 6.07) is 0. The molecule has 0 radical (unpaired) electrons. The topological polar surface area (TPSA) is 63.8 Å². The summed E-state index contributed by atoms with van der Waals surface area (Å²) in [6.07, 6.45) is 4.37. The van der Waals surface area contributed by atoms with Crippen LogP contribution in [0.25, 0.3) is 0 Å². The van der Waals surface area contributed by atoms with Gasteiger partial charge in [-0.05, 0) is 18.9 Å². The summed E-state index contributed by atoms with van der Waals surface area (Å²) in [5.41, 5.74) is 7.51. The van der Waals surface area contributed by atoms with E-state index in [1.807, 2.05) is 6.20 Å². The fraction of sp³-hybridized carbons (Fsp3) is 0.600. The summed E-state index contributed by atoms with van der Waals surface area (Å²) < 4.78 is 0. The van der Waals surface area contributed by atoms with Gasteiger partial charge in [0.1, 0.15) is 6.33 Å². The lowest BCUT2D eigenvalue weighted by Gasteiger charge is -2.11. The monoisotopic (exact) mass is 194 g/mol. The second kappa shape index (κ2) is 5.54. The van der Waals surface area contributed by atoms with Crippen LogP contribution in [-0.2, 0) is 0 Å². The van der Waals surface area contributed by atoms with Crippen molar-refractivity contribution in [2.45, 2.75) is 26.2 Å². The van der Waals surface area contributed by atoms with Gasteiger partial charge in [0.2, 0.25) is 0 Å². The molecule has 1 aromatic heterocycles. The van der Waals surface area contributed by atoms with Crippen molar-refractivity contribution in [3.63, 3.8) is 0 Å². The first-order valence-electron chi connectivity index (χ1n) is 4.99. The zero-order chi connectivity index (χ0) is 10.4. The van der Waals surface area contributed by atoms with Gasteiger partial charge in [-0.15, -0.1) is 0 Å². The lowest BCUT2D eigenvalue weighted by Crippen LogP contribution is -2.11. The Hall–Kier alpha value is -1.16. The first kappa shape index (κ1) is 10.9. The molecule has 0 aliphatic carbocycles. The Kier molecular flexibility index (Phi) is 4.32. The van der Waals surface area contributed by atoms with Crippen molar-refractivity contribution < 1.29 is 0 Å². The molecule has 0 saturated carbocycles. The normalized spacial score (nSPS) is 10.6. The van der Waals surface area contributed by atoms with Gasteiger partial charge in [0.05, 0.1) is 17.6 Å². The Labute approximate surface area is 85.0 Å². The Morgan fingerprint density at radius 3 is 2.93 bits per heavy atom. The van der Waals surface area contributed by atoms with Gasteiger partial charge in [-0.3, -0.25) is 0 Å². The SMILES string of the molecule is CC(C)c1ncncc1NCCCN. The van der Waals surface area contributed by atoms with Gasteiger partial charge < -0.3 is 11.1 Å². The molecule has 1 rings (SSSR count). The maximum Gasteiger partial charge on any atom is 0.115 e. The van der Waals surface area contributed by atoms with Crippen molar-refractivity contribution in [2.75, 3.05) is 18.4 Å². The number of hydrogen-bond donors (Lipinski definition) is 2. The van der Waals surface area contributed by atoms with E-state index in [1.54, 1.807) is 6.33 Å². The maximum absolute atomic E-state index is 5.42. The molecule has 3 N–H and O–H groups in total. The van der Waals surface area contributed by atoms with Gasteiger partial charge in [-0.25, -0.2) is 9.97 Å². The Morgan fingerprint density at radius 1 is 1.50 bits per heavy atom. The van der Waals surface area contributed by atoms with Gasteiger partial charge >= 0.3 is 0 Å². The molecule has 0 aliphatic heterocycles. The van der Waals surface area contributed by atoms with Crippen LogP contribution in [0.2, 0.25) is 0 Å². The molecule has 0 fully saturated rings. The molecule has 1 heterocycles. The number of hydrogen-bond acceptors (Lipinski definition) is 4. The minimum atomic E-state index is 0.415. The summed E-state index contributed by atoms with van der Waals surface area (Å²) in [5, 5.41) is 3.29. The van der Waals surface area contributed by atoms with Crippen LogP contribution in [0.15, 0.2) is 12.5 Å². The number of nitrogens with zero attached hydrogens (tertiary/aromatic N) is 2. The third-order valence-corrected chi connectivity index (χ3v) is 1.99. The van der Waals surface area contributed by atoms with Crippen LogP contribution in [0, 0.1) is 0 Å². The highest BCUT2D eigenvalue weighted by atomic mass is 14.9. The third-order valence-electron chi connectivity index (χ3n) is 1.99. The third kappa shape index (κ3) is 2.96. The summed E-state index contributed by atoms with van der Waals surface area (Å²) >= 11 is 0. The fourth-order valence-electron chi connectivity index (χ4n) is 1.26. The molecule has 0 unspecified atom stereocenters. The molecular formula is C10H18N4. The average molecular weight is 194 g/mol. The van der Waals surface area contributed by atoms with E-state index >= 15 is 0 Å². The van der Waals surface area contributed by atoms with Crippen molar-refractivity contribution in [1.82, 2.24) is 9.97 Å². The molecule has 78 valence electrons. The Balaban J connectivity index is 2.64. The standard InChI is InChI=1S/C10H18N4/c1-8(2)10-9(6-12-7-14-10)13-5-3-4-11/h6-8,13H,3-5,11H2,1-2H3. The van der Waals surface area contributed by atoms with Crippen LogP contribution in [0.3, 0.4) is 0 Å². The van der Waals surface area contributed by atoms with Gasteiger partial charge in [-0.2, -0.15) is 0 Å². The van der Waals surface area contributed by atoms with E-state index in [0.29, 0.717) is 12.5 Å². The molecule has 0 atom stereocenters. The number of aromatic nitrogens is 2. The lowest BCUT2D eigenvalue weighted by molar-refractivity contribution is 0.807. The molecule has 0 amide bonds. The molecule has 14 heavy (non-hydrogen) atoms. The molecule has 0 saturated heterocycles. The van der Waals surface area contributed by atoms with Crippen molar-refractivity contribution in [2.24, 2.45) is 5.73 Å². The van der Waals surface area contributed by atoms with E-state index < -0.39 is 0 Å². The highest BCUT2D eigenvalue weighted by molar-refractivity contribution is 5.46. The van der Waals surface area contributed by atoms with E-state index in [0.717, 1.165) is 24.3 Å². The predicted octanol–water partition coefficient (Wildman–Crippen LogP) is 1.36. The predicted molar refractivity (Wildman–Crippen MR) is 58.3 cm³/mol. The zero-order valence-electron chi connectivity index (χ0n) is 8.83. The number of anilines is 1. The summed E-state index contributed by atoms with van der Waals surface area (Å²) in [4.78, 5) is 8.25. The first-order chi connectivity index (χ1) is 6.75. The Morgan fingerprint density at radius 2 is 2.29 bits per heavy atom. The van der Waals surface area contributed by atoms with Crippen molar-refractivity contribution in [1.29, 1.82) is 0 Å². The first-order valence-corrected chi connectivity index (χ1v) is 4.99. The quantitative estimate of drug-likeness (QED) is 0.695. The molecular weight excluding hydrogens is 176 g/mol. The van der Waals surface area contributed by atoms with Crippen molar-refractivity contribution >= 4 is 5.69 Å². The van der Waals surface area contributed by atoms with Gasteiger partial charge in [-0.1, -0.05) is 13.8 Å². The van der Waals surface area contributed by atoms with Gasteiger partial charge in [0.15, 0.2) is 0 Å². The van der Waals surface area contributed by atoms with Crippen LogP contribution in [0.5, 0.6) is 0 Å². The molecule has 4 heteroatoms. The molecule has 4 nitrogen and oxygen atoms in total. The number of nitrogens with two attached hydrogens (primary N) is 1. The fourth-order valence-corrected chi connectivity index (χ4v) is 1.26. The molecule has 1 aromatic rings. The van der Waals surface area contributed by atoms with Crippen LogP contribution < -0.4 is 11.1 Å². The van der Waals surface area contributed by atoms with Crippen LogP contribution in [-0.4, -0.2) is 23.1 Å². The second-order valence-electron chi connectivity index (χ2n) is 3.55. The number of nitrogens with one attached hydrogen (secondary N) is 1. The summed E-state index contributed by atoms with van der Waals surface area (Å²) in [6.45, 7) is 5.83. The Bertz CT molecular complexity index is 273. The summed E-state index contributed by atoms with van der Waals surface area (Å²) in [7, 11) is 0. The van der Waals surface area contributed by atoms with E-state index in [1.165, 1.54) is 0 Å². The average Bonchev–Trinajstić information content (AvgIpc) is 2.19. The molecule has 0 aliphatic rings. The largest absolute Gasteiger partial charge is 0.382 e. The summed E-state index contributed by atoms with van der Waals surface area (Å²) in [5.74, 6) is 0.415.